The fourth-order valence-electron chi connectivity index (χ4n) is 4.70. The molecular weight excluding hydrogens is 662 g/mol. The van der Waals surface area contributed by atoms with Gasteiger partial charge >= 0.3 is 0 Å². The molecule has 0 aromatic heterocycles. The topological polar surface area (TPSA) is 86.8 Å². The smallest absolute Gasteiger partial charge is 0.264 e. The van der Waals surface area contributed by atoms with E-state index in [0.29, 0.717) is 11.6 Å². The number of rotatable bonds is 13. The number of hydrogen-bond acceptors (Lipinski definition) is 4. The van der Waals surface area contributed by atoms with E-state index in [9.17, 15) is 18.0 Å². The highest BCUT2D eigenvalue weighted by Crippen LogP contribution is 2.27. The largest absolute Gasteiger partial charge is 0.354 e. The van der Waals surface area contributed by atoms with E-state index < -0.39 is 28.5 Å². The number of carbonyl (C=O) groups excluding carboxylic acids is 2. The van der Waals surface area contributed by atoms with Gasteiger partial charge in [0.05, 0.1) is 10.6 Å². The lowest BCUT2D eigenvalue weighted by Gasteiger charge is -2.34. The predicted octanol–water partition coefficient (Wildman–Crippen LogP) is 6.77. The van der Waals surface area contributed by atoms with E-state index >= 15 is 0 Å². The molecule has 4 aromatic rings. The summed E-state index contributed by atoms with van der Waals surface area (Å²) in [6.07, 6.45) is 0.975. The van der Waals surface area contributed by atoms with Crippen LogP contribution < -0.4 is 9.62 Å². The summed E-state index contributed by atoms with van der Waals surface area (Å²) < 4.78 is 30.1. The Kier molecular flexibility index (Phi) is 11.6. The lowest BCUT2D eigenvalue weighted by atomic mass is 10.0. The van der Waals surface area contributed by atoms with E-state index in [2.05, 4.69) is 21.2 Å². The van der Waals surface area contributed by atoms with Crippen molar-refractivity contribution in [1.82, 2.24) is 10.2 Å². The summed E-state index contributed by atoms with van der Waals surface area (Å²) in [5.41, 5.74) is 2.80. The van der Waals surface area contributed by atoms with Crippen molar-refractivity contribution in [2.24, 2.45) is 0 Å². The molecule has 44 heavy (non-hydrogen) atoms. The molecule has 0 aliphatic carbocycles. The molecule has 0 saturated heterocycles. The zero-order chi connectivity index (χ0) is 31.7. The number of aryl methyl sites for hydroxylation is 1. The Labute approximate surface area is 273 Å². The van der Waals surface area contributed by atoms with Crippen molar-refractivity contribution in [2.45, 2.75) is 44.2 Å². The first-order valence-electron chi connectivity index (χ1n) is 14.3. The van der Waals surface area contributed by atoms with Crippen molar-refractivity contribution >= 4 is 55.1 Å². The van der Waals surface area contributed by atoms with E-state index in [1.807, 2.05) is 68.4 Å². The van der Waals surface area contributed by atoms with Crippen LogP contribution in [0.3, 0.4) is 0 Å². The van der Waals surface area contributed by atoms with Crippen LogP contribution in [0, 0.1) is 6.92 Å². The molecule has 0 saturated carbocycles. The molecule has 4 aromatic carbocycles. The van der Waals surface area contributed by atoms with Crippen LogP contribution in [0.2, 0.25) is 5.02 Å². The van der Waals surface area contributed by atoms with Gasteiger partial charge in [-0.25, -0.2) is 8.42 Å². The van der Waals surface area contributed by atoms with Crippen molar-refractivity contribution in [2.75, 3.05) is 17.4 Å². The number of anilines is 1. The summed E-state index contributed by atoms with van der Waals surface area (Å²) in [6.45, 7) is 3.82. The Morgan fingerprint density at radius 1 is 0.886 bits per heavy atom. The third-order valence-corrected chi connectivity index (χ3v) is 9.62. The van der Waals surface area contributed by atoms with Gasteiger partial charge in [0.15, 0.2) is 0 Å². The van der Waals surface area contributed by atoms with Crippen molar-refractivity contribution in [3.63, 3.8) is 0 Å². The third kappa shape index (κ3) is 8.71. The second kappa shape index (κ2) is 15.4. The first-order chi connectivity index (χ1) is 21.1. The number of hydrogen-bond donors (Lipinski definition) is 1. The minimum Gasteiger partial charge on any atom is -0.354 e. The zero-order valence-corrected chi connectivity index (χ0v) is 27.8. The van der Waals surface area contributed by atoms with Gasteiger partial charge in [0.2, 0.25) is 11.8 Å². The first-order valence-corrected chi connectivity index (χ1v) is 16.9. The number of amides is 2. The van der Waals surface area contributed by atoms with Crippen molar-refractivity contribution in [3.05, 3.63) is 129 Å². The highest BCUT2D eigenvalue weighted by atomic mass is 79.9. The average molecular weight is 697 g/mol. The van der Waals surface area contributed by atoms with Gasteiger partial charge in [0.1, 0.15) is 12.6 Å². The van der Waals surface area contributed by atoms with E-state index in [0.717, 1.165) is 31.9 Å². The third-order valence-electron chi connectivity index (χ3n) is 7.07. The summed E-state index contributed by atoms with van der Waals surface area (Å²) in [7, 11) is -4.19. The molecule has 1 atom stereocenters. The summed E-state index contributed by atoms with van der Waals surface area (Å²) in [6, 6.07) is 28.8. The molecule has 0 radical (unpaired) electrons. The van der Waals surface area contributed by atoms with Gasteiger partial charge < -0.3 is 10.2 Å². The van der Waals surface area contributed by atoms with E-state index in [4.69, 9.17) is 11.6 Å². The van der Waals surface area contributed by atoms with Crippen molar-refractivity contribution in [1.29, 1.82) is 0 Å². The second-order valence-corrected chi connectivity index (χ2v) is 13.7. The summed E-state index contributed by atoms with van der Waals surface area (Å²) in [5, 5.41) is 3.27. The van der Waals surface area contributed by atoms with Gasteiger partial charge in [-0.1, -0.05) is 101 Å². The Balaban J connectivity index is 1.79. The summed E-state index contributed by atoms with van der Waals surface area (Å²) in [5.74, 6) is -0.840. The molecule has 2 amide bonds. The molecule has 0 unspecified atom stereocenters. The quantitative estimate of drug-likeness (QED) is 0.167. The first kappa shape index (κ1) is 33.2. The molecule has 4 rings (SSSR count). The van der Waals surface area contributed by atoms with Crippen LogP contribution in [0.4, 0.5) is 5.69 Å². The molecule has 1 N–H and O–H groups in total. The standard InChI is InChI=1S/C34H35BrClN3O4S/c1-3-20-37-34(41)32(21-26-8-5-4-6-9-26)38(23-27-14-16-28(35)17-15-27)33(40)24-39(30-11-7-10-29(36)22-30)44(42,43)31-18-12-25(2)13-19-31/h4-19,22,32H,3,20-21,23-24H2,1-2H3,(H,37,41)/t32-/m0/s1. The lowest BCUT2D eigenvalue weighted by molar-refractivity contribution is -0.140. The number of carbonyl (C=O) groups is 2. The molecule has 10 heteroatoms. The highest BCUT2D eigenvalue weighted by molar-refractivity contribution is 9.10. The fraction of sp³-hybridized carbons (Fsp3) is 0.235. The van der Waals surface area contributed by atoms with Gasteiger partial charge in [0.25, 0.3) is 10.0 Å². The number of nitrogens with zero attached hydrogens (tertiary/aromatic N) is 2. The Morgan fingerprint density at radius 2 is 1.57 bits per heavy atom. The average Bonchev–Trinajstić information content (AvgIpc) is 3.01. The van der Waals surface area contributed by atoms with E-state index in [-0.39, 0.29) is 29.5 Å². The van der Waals surface area contributed by atoms with Crippen LogP contribution >= 0.6 is 27.5 Å². The van der Waals surface area contributed by atoms with Crippen LogP contribution in [0.5, 0.6) is 0 Å². The maximum atomic E-state index is 14.4. The minimum atomic E-state index is -4.19. The molecule has 230 valence electrons. The van der Waals surface area contributed by atoms with Gasteiger partial charge in [-0.3, -0.25) is 13.9 Å². The molecule has 0 bridgehead atoms. The van der Waals surface area contributed by atoms with Crippen LogP contribution in [0.1, 0.15) is 30.0 Å². The maximum Gasteiger partial charge on any atom is 0.264 e. The van der Waals surface area contributed by atoms with E-state index in [1.54, 1.807) is 30.3 Å². The minimum absolute atomic E-state index is 0.0388. The molecular formula is C34H35BrClN3O4S. The molecule has 0 fully saturated rings. The van der Waals surface area contributed by atoms with Gasteiger partial charge in [-0.05, 0) is 66.9 Å². The maximum absolute atomic E-state index is 14.4. The van der Waals surface area contributed by atoms with Crippen molar-refractivity contribution in [3.8, 4) is 0 Å². The predicted molar refractivity (Wildman–Crippen MR) is 179 cm³/mol. The monoisotopic (exact) mass is 695 g/mol. The van der Waals surface area contributed by atoms with Crippen molar-refractivity contribution < 1.29 is 18.0 Å². The number of halogens is 2. The molecule has 0 aliphatic heterocycles. The Hall–Kier alpha value is -3.66. The Bertz CT molecular complexity index is 1670. The molecule has 7 nitrogen and oxygen atoms in total. The van der Waals surface area contributed by atoms with Crippen LogP contribution in [0.15, 0.2) is 112 Å². The number of sulfonamides is 1. The number of benzene rings is 4. The summed E-state index contributed by atoms with van der Waals surface area (Å²) >= 11 is 9.73. The van der Waals surface area contributed by atoms with Gasteiger partial charge in [-0.2, -0.15) is 0 Å². The van der Waals surface area contributed by atoms with Crippen LogP contribution in [-0.2, 0) is 32.6 Å². The second-order valence-electron chi connectivity index (χ2n) is 10.4. The van der Waals surface area contributed by atoms with Gasteiger partial charge in [0, 0.05) is 29.0 Å². The zero-order valence-electron chi connectivity index (χ0n) is 24.6. The van der Waals surface area contributed by atoms with Gasteiger partial charge in [-0.15, -0.1) is 0 Å². The Morgan fingerprint density at radius 3 is 2.20 bits per heavy atom. The fourth-order valence-corrected chi connectivity index (χ4v) is 6.56. The molecule has 0 spiro atoms. The van der Waals surface area contributed by atoms with Crippen LogP contribution in [-0.4, -0.2) is 44.3 Å². The lowest BCUT2D eigenvalue weighted by Crippen LogP contribution is -2.53. The van der Waals surface area contributed by atoms with E-state index in [1.165, 1.54) is 23.1 Å². The molecule has 0 heterocycles. The highest BCUT2D eigenvalue weighted by Gasteiger charge is 2.34. The normalized spacial score (nSPS) is 11.9. The summed E-state index contributed by atoms with van der Waals surface area (Å²) in [4.78, 5) is 29.6. The number of nitrogens with one attached hydrogen (secondary N) is 1. The molecule has 0 aliphatic rings. The van der Waals surface area contributed by atoms with Crippen LogP contribution in [0.25, 0.3) is 0 Å². The SMILES string of the molecule is CCCNC(=O)[C@H](Cc1ccccc1)N(Cc1ccc(Br)cc1)C(=O)CN(c1cccc(Cl)c1)S(=O)(=O)c1ccc(C)cc1.